The third-order valence-electron chi connectivity index (χ3n) is 2.64. The molecule has 0 saturated carbocycles. The summed E-state index contributed by atoms with van der Waals surface area (Å²) < 4.78 is 6.22. The number of benzene rings is 1. The highest BCUT2D eigenvalue weighted by Crippen LogP contribution is 2.22. The molecule has 1 aromatic carbocycles. The molecule has 1 aromatic heterocycles. The predicted octanol–water partition coefficient (Wildman–Crippen LogP) is 3.35. The van der Waals surface area contributed by atoms with Gasteiger partial charge in [-0.05, 0) is 43.3 Å². The first-order chi connectivity index (χ1) is 8.66. The molecule has 0 amide bonds. The van der Waals surface area contributed by atoms with Crippen molar-refractivity contribution in [3.8, 4) is 5.75 Å². The maximum absolute atomic E-state index is 5.73. The molecule has 2 aromatic rings. The molecule has 0 spiro atoms. The Bertz CT molecular complexity index is 577. The van der Waals surface area contributed by atoms with E-state index in [9.17, 15) is 0 Å². The van der Waals surface area contributed by atoms with Crippen molar-refractivity contribution in [2.24, 2.45) is 0 Å². The molecule has 18 heavy (non-hydrogen) atoms. The lowest BCUT2D eigenvalue weighted by Gasteiger charge is -2.09. The minimum Gasteiger partial charge on any atom is -0.483 e. The van der Waals surface area contributed by atoms with Gasteiger partial charge in [-0.15, -0.1) is 11.8 Å². The van der Waals surface area contributed by atoms with E-state index in [1.807, 2.05) is 12.1 Å². The molecule has 0 radical (unpaired) electrons. The summed E-state index contributed by atoms with van der Waals surface area (Å²) in [5.41, 5.74) is 2.44. The molecule has 0 unspecified atom stereocenters. The van der Waals surface area contributed by atoms with Crippen molar-refractivity contribution in [2.75, 3.05) is 5.94 Å². The van der Waals surface area contributed by atoms with Crippen molar-refractivity contribution in [1.29, 1.82) is 0 Å². The average Bonchev–Trinajstić information content (AvgIpc) is 2.76. The van der Waals surface area contributed by atoms with Gasteiger partial charge >= 0.3 is 0 Å². The lowest BCUT2D eigenvalue weighted by Crippen LogP contribution is -1.97. The van der Waals surface area contributed by atoms with E-state index in [4.69, 9.17) is 17.0 Å². The van der Waals surface area contributed by atoms with E-state index in [1.54, 1.807) is 11.8 Å². The molecule has 0 saturated heterocycles. The predicted molar refractivity (Wildman–Crippen MR) is 76.5 cm³/mol. The number of H-pyrrole nitrogens is 2. The Hall–Kier alpha value is -1.27. The topological polar surface area (TPSA) is 53.7 Å². The fourth-order valence-corrected chi connectivity index (χ4v) is 2.28. The van der Waals surface area contributed by atoms with Gasteiger partial charge in [0.25, 0.3) is 0 Å². The fraction of sp³-hybridized carbons (Fsp3) is 0.333. The Kier molecular flexibility index (Phi) is 4.43. The molecule has 0 aliphatic carbocycles. The zero-order valence-electron chi connectivity index (χ0n) is 10.3. The van der Waals surface area contributed by atoms with Crippen LogP contribution in [0.1, 0.15) is 17.0 Å². The Morgan fingerprint density at radius 3 is 2.89 bits per heavy atom. The molecule has 0 fully saturated rings. The maximum atomic E-state index is 5.73. The van der Waals surface area contributed by atoms with Crippen LogP contribution >= 0.6 is 24.0 Å². The van der Waals surface area contributed by atoms with E-state index in [0.29, 0.717) is 10.7 Å². The van der Waals surface area contributed by atoms with Crippen molar-refractivity contribution in [1.82, 2.24) is 15.2 Å². The SMILES string of the molecule is Cc1cccc(OCSCc2nc(=S)[nH][nH]2)c1C. The summed E-state index contributed by atoms with van der Waals surface area (Å²) in [7, 11) is 0. The van der Waals surface area contributed by atoms with Crippen LogP contribution in [0.3, 0.4) is 0 Å². The summed E-state index contributed by atoms with van der Waals surface area (Å²) in [5, 5.41) is 5.68. The lowest BCUT2D eigenvalue weighted by molar-refractivity contribution is 0.389. The number of nitrogens with one attached hydrogen (secondary N) is 2. The fourth-order valence-electron chi connectivity index (χ4n) is 1.50. The molecule has 6 heteroatoms. The van der Waals surface area contributed by atoms with E-state index >= 15 is 0 Å². The Labute approximate surface area is 115 Å². The summed E-state index contributed by atoms with van der Waals surface area (Å²) in [6.07, 6.45) is 0. The number of aryl methyl sites for hydroxylation is 1. The van der Waals surface area contributed by atoms with Crippen LogP contribution < -0.4 is 4.74 Å². The second-order valence-electron chi connectivity index (χ2n) is 3.92. The Morgan fingerprint density at radius 2 is 2.17 bits per heavy atom. The van der Waals surface area contributed by atoms with Crippen LogP contribution in [0.2, 0.25) is 0 Å². The van der Waals surface area contributed by atoms with Gasteiger partial charge in [0, 0.05) is 0 Å². The van der Waals surface area contributed by atoms with E-state index in [-0.39, 0.29) is 0 Å². The average molecular weight is 281 g/mol. The van der Waals surface area contributed by atoms with E-state index < -0.39 is 0 Å². The third kappa shape index (κ3) is 3.36. The van der Waals surface area contributed by atoms with Gasteiger partial charge in [0.05, 0.1) is 5.75 Å². The highest BCUT2D eigenvalue weighted by Gasteiger charge is 2.02. The number of thioether (sulfide) groups is 1. The molecule has 2 N–H and O–H groups in total. The molecule has 0 bridgehead atoms. The largest absolute Gasteiger partial charge is 0.483 e. The molecule has 96 valence electrons. The summed E-state index contributed by atoms with van der Waals surface area (Å²) in [6.45, 7) is 4.15. The monoisotopic (exact) mass is 281 g/mol. The molecule has 2 rings (SSSR count). The quantitative estimate of drug-likeness (QED) is 0.501. The molecule has 0 atom stereocenters. The van der Waals surface area contributed by atoms with Gasteiger partial charge < -0.3 is 4.74 Å². The summed E-state index contributed by atoms with van der Waals surface area (Å²) >= 11 is 6.53. The van der Waals surface area contributed by atoms with Gasteiger partial charge in [-0.2, -0.15) is 0 Å². The summed E-state index contributed by atoms with van der Waals surface area (Å²) in [4.78, 5) is 4.11. The second-order valence-corrected chi connectivity index (χ2v) is 5.24. The summed E-state index contributed by atoms with van der Waals surface area (Å²) in [6, 6.07) is 6.08. The zero-order chi connectivity index (χ0) is 13.0. The summed E-state index contributed by atoms with van der Waals surface area (Å²) in [5.74, 6) is 3.13. The van der Waals surface area contributed by atoms with Gasteiger partial charge in [-0.3, -0.25) is 10.2 Å². The smallest absolute Gasteiger partial charge is 0.213 e. The number of hydrogen-bond acceptors (Lipinski definition) is 4. The van der Waals surface area contributed by atoms with Gasteiger partial charge in [0.15, 0.2) is 0 Å². The molecule has 4 nitrogen and oxygen atoms in total. The van der Waals surface area contributed by atoms with Crippen LogP contribution in [0.25, 0.3) is 0 Å². The van der Waals surface area contributed by atoms with Crippen LogP contribution in [0.5, 0.6) is 5.75 Å². The lowest BCUT2D eigenvalue weighted by atomic mass is 10.1. The number of hydrogen-bond donors (Lipinski definition) is 2. The van der Waals surface area contributed by atoms with Crippen molar-refractivity contribution in [3.05, 3.63) is 39.9 Å². The first-order valence-corrected chi connectivity index (χ1v) is 7.13. The highest BCUT2D eigenvalue weighted by atomic mass is 32.2. The highest BCUT2D eigenvalue weighted by molar-refractivity contribution is 7.98. The Morgan fingerprint density at radius 1 is 1.33 bits per heavy atom. The van der Waals surface area contributed by atoms with E-state index in [1.165, 1.54) is 11.1 Å². The van der Waals surface area contributed by atoms with Crippen LogP contribution in [-0.4, -0.2) is 21.1 Å². The third-order valence-corrected chi connectivity index (χ3v) is 3.60. The zero-order valence-corrected chi connectivity index (χ0v) is 12.0. The minimum absolute atomic E-state index is 0.487. The van der Waals surface area contributed by atoms with Crippen LogP contribution in [0.4, 0.5) is 0 Å². The van der Waals surface area contributed by atoms with Crippen LogP contribution in [0, 0.1) is 18.6 Å². The van der Waals surface area contributed by atoms with E-state index in [2.05, 4.69) is 35.1 Å². The normalized spacial score (nSPS) is 10.6. The molecular weight excluding hydrogens is 266 g/mol. The van der Waals surface area contributed by atoms with Gasteiger partial charge in [-0.25, -0.2) is 4.98 Å². The molecule has 0 aliphatic rings. The van der Waals surface area contributed by atoms with Crippen LogP contribution in [-0.2, 0) is 5.75 Å². The number of aromatic nitrogens is 3. The first-order valence-electron chi connectivity index (χ1n) is 5.57. The number of aromatic amines is 2. The second kappa shape index (κ2) is 6.06. The molecule has 1 heterocycles. The van der Waals surface area contributed by atoms with Gasteiger partial charge in [0.2, 0.25) is 4.77 Å². The van der Waals surface area contributed by atoms with E-state index in [0.717, 1.165) is 17.3 Å². The van der Waals surface area contributed by atoms with Gasteiger partial charge in [0.1, 0.15) is 17.5 Å². The van der Waals surface area contributed by atoms with Gasteiger partial charge in [-0.1, -0.05) is 12.1 Å². The molecular formula is C12H15N3OS2. The van der Waals surface area contributed by atoms with Crippen molar-refractivity contribution in [2.45, 2.75) is 19.6 Å². The Balaban J connectivity index is 1.82. The van der Waals surface area contributed by atoms with Crippen molar-refractivity contribution < 1.29 is 4.74 Å². The maximum Gasteiger partial charge on any atom is 0.213 e. The number of ether oxygens (including phenoxy) is 1. The minimum atomic E-state index is 0.487. The molecule has 0 aliphatic heterocycles. The number of nitrogens with zero attached hydrogens (tertiary/aromatic N) is 1. The first kappa shape index (κ1) is 13.2. The van der Waals surface area contributed by atoms with Crippen molar-refractivity contribution in [3.63, 3.8) is 0 Å². The van der Waals surface area contributed by atoms with Crippen molar-refractivity contribution >= 4 is 24.0 Å². The standard InChI is InChI=1S/C12H15N3OS2/c1-8-4-3-5-10(9(8)2)16-7-18-6-11-13-12(17)15-14-11/h3-5H,6-7H2,1-2H3,(H2,13,14,15,17). The van der Waals surface area contributed by atoms with Crippen LogP contribution in [0.15, 0.2) is 18.2 Å². The number of rotatable bonds is 5.